The second-order valence-corrected chi connectivity index (χ2v) is 6.23. The van der Waals surface area contributed by atoms with E-state index in [1.165, 1.54) is 25.4 Å². The fourth-order valence-corrected chi connectivity index (χ4v) is 2.91. The first-order valence-corrected chi connectivity index (χ1v) is 8.68. The second-order valence-electron chi connectivity index (χ2n) is 6.23. The summed E-state index contributed by atoms with van der Waals surface area (Å²) in [6.45, 7) is 3.94. The molecule has 0 atom stereocenters. The molecular weight excluding hydrogens is 374 g/mol. The standard InChI is InChI=1S/C20H19N5O4/c1-13-10-16(11-22-23-19-9-8-18(12-21-19)25(27)28)14(2)24(13)17-6-4-15(5-7-17)20(26)29-3/h4-12H,1-3H3,(H,21,23)/b22-11-. The van der Waals surface area contributed by atoms with Crippen molar-refractivity contribution in [2.24, 2.45) is 5.10 Å². The topological polar surface area (TPSA) is 112 Å². The lowest BCUT2D eigenvalue weighted by atomic mass is 10.2. The van der Waals surface area contributed by atoms with Crippen LogP contribution in [0.5, 0.6) is 0 Å². The first kappa shape index (κ1) is 19.7. The van der Waals surface area contributed by atoms with Crippen LogP contribution < -0.4 is 5.43 Å². The summed E-state index contributed by atoms with van der Waals surface area (Å²) in [5.74, 6) is 0.0234. The zero-order chi connectivity index (χ0) is 21.0. The number of ether oxygens (including phenoxy) is 1. The maximum absolute atomic E-state index is 11.6. The van der Waals surface area contributed by atoms with E-state index in [2.05, 4.69) is 15.5 Å². The minimum Gasteiger partial charge on any atom is -0.465 e. The van der Waals surface area contributed by atoms with E-state index in [4.69, 9.17) is 4.74 Å². The Labute approximate surface area is 166 Å². The molecule has 2 aromatic heterocycles. The number of hydrogen-bond donors (Lipinski definition) is 1. The fourth-order valence-electron chi connectivity index (χ4n) is 2.91. The molecule has 1 N–H and O–H groups in total. The molecule has 148 valence electrons. The van der Waals surface area contributed by atoms with Gasteiger partial charge in [0.15, 0.2) is 0 Å². The molecule has 0 fully saturated rings. The number of nitrogens with zero attached hydrogens (tertiary/aromatic N) is 4. The van der Waals surface area contributed by atoms with Gasteiger partial charge in [0.25, 0.3) is 5.69 Å². The first-order valence-electron chi connectivity index (χ1n) is 8.68. The van der Waals surface area contributed by atoms with Crippen LogP contribution in [0.3, 0.4) is 0 Å². The lowest BCUT2D eigenvalue weighted by molar-refractivity contribution is -0.385. The third kappa shape index (κ3) is 4.29. The molecule has 9 heteroatoms. The lowest BCUT2D eigenvalue weighted by Crippen LogP contribution is -2.03. The number of hydrogen-bond acceptors (Lipinski definition) is 7. The minimum atomic E-state index is -0.507. The van der Waals surface area contributed by atoms with Crippen LogP contribution in [-0.2, 0) is 4.74 Å². The van der Waals surface area contributed by atoms with E-state index in [-0.39, 0.29) is 11.7 Å². The Kier molecular flexibility index (Phi) is 5.68. The molecule has 0 spiro atoms. The molecule has 0 unspecified atom stereocenters. The van der Waals surface area contributed by atoms with Crippen LogP contribution >= 0.6 is 0 Å². The average Bonchev–Trinajstić information content (AvgIpc) is 3.01. The molecule has 0 aliphatic carbocycles. The molecular formula is C20H19N5O4. The van der Waals surface area contributed by atoms with Crippen LogP contribution in [0, 0.1) is 24.0 Å². The van der Waals surface area contributed by atoms with E-state index in [0.717, 1.165) is 22.6 Å². The maximum atomic E-state index is 11.6. The van der Waals surface area contributed by atoms with Crippen molar-refractivity contribution < 1.29 is 14.5 Å². The number of carbonyl (C=O) groups excluding carboxylic acids is 1. The lowest BCUT2D eigenvalue weighted by Gasteiger charge is -2.10. The number of pyridine rings is 1. The number of hydrazone groups is 1. The maximum Gasteiger partial charge on any atom is 0.337 e. The molecule has 0 radical (unpaired) electrons. The molecule has 3 rings (SSSR count). The third-order valence-electron chi connectivity index (χ3n) is 4.36. The number of anilines is 1. The average molecular weight is 393 g/mol. The van der Waals surface area contributed by atoms with Gasteiger partial charge in [-0.3, -0.25) is 15.5 Å². The zero-order valence-electron chi connectivity index (χ0n) is 16.1. The number of benzene rings is 1. The van der Waals surface area contributed by atoms with Crippen LogP contribution in [0.1, 0.15) is 27.3 Å². The van der Waals surface area contributed by atoms with Crippen molar-refractivity contribution in [1.82, 2.24) is 9.55 Å². The predicted octanol–water partition coefficient (Wildman–Crippen LogP) is 3.63. The molecule has 0 saturated heterocycles. The molecule has 2 heterocycles. The van der Waals surface area contributed by atoms with Gasteiger partial charge < -0.3 is 9.30 Å². The number of aryl methyl sites for hydroxylation is 1. The zero-order valence-corrected chi connectivity index (χ0v) is 16.1. The second kappa shape index (κ2) is 8.34. The Morgan fingerprint density at radius 2 is 1.97 bits per heavy atom. The predicted molar refractivity (Wildman–Crippen MR) is 109 cm³/mol. The summed E-state index contributed by atoms with van der Waals surface area (Å²) in [5, 5.41) is 14.8. The number of nitrogens with one attached hydrogen (secondary N) is 1. The molecule has 0 aliphatic heterocycles. The van der Waals surface area contributed by atoms with Crippen molar-refractivity contribution in [3.8, 4) is 5.69 Å². The Morgan fingerprint density at radius 3 is 2.55 bits per heavy atom. The summed E-state index contributed by atoms with van der Waals surface area (Å²) in [5.41, 5.74) is 6.94. The van der Waals surface area contributed by atoms with Crippen molar-refractivity contribution >= 4 is 23.7 Å². The van der Waals surface area contributed by atoms with E-state index in [0.29, 0.717) is 11.4 Å². The first-order chi connectivity index (χ1) is 13.9. The monoisotopic (exact) mass is 393 g/mol. The normalized spacial score (nSPS) is 10.9. The number of nitro groups is 1. The van der Waals surface area contributed by atoms with Crippen molar-refractivity contribution in [1.29, 1.82) is 0 Å². The van der Waals surface area contributed by atoms with Gasteiger partial charge in [-0.15, -0.1) is 0 Å². The van der Waals surface area contributed by atoms with Crippen molar-refractivity contribution in [3.05, 3.63) is 81.3 Å². The number of aromatic nitrogens is 2. The summed E-state index contributed by atoms with van der Waals surface area (Å²) in [7, 11) is 1.35. The van der Waals surface area contributed by atoms with Gasteiger partial charge >= 0.3 is 5.97 Å². The van der Waals surface area contributed by atoms with Gasteiger partial charge in [-0.2, -0.15) is 5.10 Å². The molecule has 3 aromatic rings. The summed E-state index contributed by atoms with van der Waals surface area (Å²) >= 11 is 0. The van der Waals surface area contributed by atoms with Crippen LogP contribution in [0.15, 0.2) is 53.8 Å². The van der Waals surface area contributed by atoms with Gasteiger partial charge in [-0.05, 0) is 50.2 Å². The third-order valence-corrected chi connectivity index (χ3v) is 4.36. The van der Waals surface area contributed by atoms with Gasteiger partial charge in [0.2, 0.25) is 0 Å². The van der Waals surface area contributed by atoms with Gasteiger partial charge in [0.05, 0.1) is 23.8 Å². The van der Waals surface area contributed by atoms with Gasteiger partial charge in [-0.1, -0.05) is 0 Å². The molecule has 0 amide bonds. The van der Waals surface area contributed by atoms with Crippen molar-refractivity contribution in [3.63, 3.8) is 0 Å². The number of esters is 1. The van der Waals surface area contributed by atoms with E-state index in [1.54, 1.807) is 18.3 Å². The number of rotatable bonds is 6. The van der Waals surface area contributed by atoms with Crippen LogP contribution in [0.2, 0.25) is 0 Å². The molecule has 29 heavy (non-hydrogen) atoms. The Bertz CT molecular complexity index is 1070. The molecule has 0 bridgehead atoms. The Hall–Kier alpha value is -4.01. The van der Waals surface area contributed by atoms with Gasteiger partial charge in [-0.25, -0.2) is 9.78 Å². The molecule has 0 saturated carbocycles. The van der Waals surface area contributed by atoms with E-state index in [9.17, 15) is 14.9 Å². The number of carbonyl (C=O) groups is 1. The highest BCUT2D eigenvalue weighted by molar-refractivity contribution is 5.89. The van der Waals surface area contributed by atoms with Gasteiger partial charge in [0.1, 0.15) is 12.0 Å². The molecule has 0 aliphatic rings. The largest absolute Gasteiger partial charge is 0.465 e. The summed E-state index contributed by atoms with van der Waals surface area (Å²) in [6.07, 6.45) is 2.83. The van der Waals surface area contributed by atoms with Crippen LogP contribution in [0.4, 0.5) is 11.5 Å². The Balaban J connectivity index is 1.77. The molecule has 1 aromatic carbocycles. The van der Waals surface area contributed by atoms with Crippen molar-refractivity contribution in [2.75, 3.05) is 12.5 Å². The highest BCUT2D eigenvalue weighted by atomic mass is 16.6. The van der Waals surface area contributed by atoms with E-state index >= 15 is 0 Å². The van der Waals surface area contributed by atoms with Crippen LogP contribution in [0.25, 0.3) is 5.69 Å². The molecule has 9 nitrogen and oxygen atoms in total. The van der Waals surface area contributed by atoms with Crippen molar-refractivity contribution in [2.45, 2.75) is 13.8 Å². The minimum absolute atomic E-state index is 0.0821. The van der Waals surface area contributed by atoms with E-state index in [1.807, 2.05) is 36.6 Å². The highest BCUT2D eigenvalue weighted by Gasteiger charge is 2.11. The Morgan fingerprint density at radius 1 is 1.24 bits per heavy atom. The van der Waals surface area contributed by atoms with E-state index < -0.39 is 4.92 Å². The summed E-state index contributed by atoms with van der Waals surface area (Å²) < 4.78 is 6.77. The smallest absolute Gasteiger partial charge is 0.337 e. The SMILES string of the molecule is COC(=O)c1ccc(-n2c(C)cc(/C=N\Nc3ccc([N+](=O)[O-])cn3)c2C)cc1. The van der Waals surface area contributed by atoms with Gasteiger partial charge in [0, 0.05) is 28.7 Å². The summed E-state index contributed by atoms with van der Waals surface area (Å²) in [4.78, 5) is 25.7. The number of methoxy groups -OCH3 is 1. The van der Waals surface area contributed by atoms with Crippen LogP contribution in [-0.4, -0.2) is 33.8 Å². The highest BCUT2D eigenvalue weighted by Crippen LogP contribution is 2.20. The fraction of sp³-hybridized carbons (Fsp3) is 0.150. The quantitative estimate of drug-likeness (QED) is 0.296. The summed E-state index contributed by atoms with van der Waals surface area (Å²) in [6, 6.07) is 12.0.